The molecule has 4 nitrogen and oxygen atoms in total. The first-order valence-electron chi connectivity index (χ1n) is 7.90. The lowest BCUT2D eigenvalue weighted by molar-refractivity contribution is -0.121. The van der Waals surface area contributed by atoms with Gasteiger partial charge in [0, 0.05) is 13.0 Å². The first-order valence-corrected chi connectivity index (χ1v) is 7.90. The molecule has 0 spiro atoms. The molecule has 110 valence electrons. The summed E-state index contributed by atoms with van der Waals surface area (Å²) in [5.74, 6) is 1.79. The lowest BCUT2D eigenvalue weighted by Gasteiger charge is -2.28. The van der Waals surface area contributed by atoms with E-state index in [-0.39, 0.29) is 5.91 Å². The maximum absolute atomic E-state index is 11.8. The Balaban J connectivity index is 1.49. The van der Waals surface area contributed by atoms with Crippen LogP contribution in [0.3, 0.4) is 0 Å². The minimum absolute atomic E-state index is 0.250. The SMILES string of the molecule is CN1CCC(CCNC(=O)CCC2CCNC2)CC1. The first kappa shape index (κ1) is 14.8. The predicted molar refractivity (Wildman–Crippen MR) is 78.1 cm³/mol. The Morgan fingerprint density at radius 2 is 2.00 bits per heavy atom. The standard InChI is InChI=1S/C15H29N3O/c1-18-10-6-13(7-11-18)5-9-17-15(19)3-2-14-4-8-16-12-14/h13-14,16H,2-12H2,1H3,(H,17,19). The number of hydrogen-bond acceptors (Lipinski definition) is 3. The molecule has 1 unspecified atom stereocenters. The summed E-state index contributed by atoms with van der Waals surface area (Å²) in [5, 5.41) is 6.44. The molecule has 0 aromatic heterocycles. The van der Waals surface area contributed by atoms with Crippen LogP contribution in [0.4, 0.5) is 0 Å². The fourth-order valence-electron chi connectivity index (χ4n) is 3.15. The quantitative estimate of drug-likeness (QED) is 0.761. The molecule has 0 aromatic rings. The van der Waals surface area contributed by atoms with Crippen molar-refractivity contribution in [3.8, 4) is 0 Å². The Bertz CT molecular complexity index is 269. The van der Waals surface area contributed by atoms with Crippen LogP contribution in [0.1, 0.15) is 38.5 Å². The summed E-state index contributed by atoms with van der Waals surface area (Å²) in [6.45, 7) is 5.53. The average Bonchev–Trinajstić information content (AvgIpc) is 2.92. The molecule has 19 heavy (non-hydrogen) atoms. The van der Waals surface area contributed by atoms with Crippen molar-refractivity contribution < 1.29 is 4.79 Å². The first-order chi connectivity index (χ1) is 9.24. The molecule has 0 bridgehead atoms. The molecule has 0 aliphatic carbocycles. The number of carbonyl (C=O) groups is 1. The van der Waals surface area contributed by atoms with Gasteiger partial charge in [-0.1, -0.05) is 0 Å². The van der Waals surface area contributed by atoms with Gasteiger partial charge in [0.15, 0.2) is 0 Å². The molecule has 2 aliphatic rings. The summed E-state index contributed by atoms with van der Waals surface area (Å²) in [6.07, 6.45) is 6.74. The zero-order valence-corrected chi connectivity index (χ0v) is 12.3. The number of nitrogens with zero attached hydrogens (tertiary/aromatic N) is 1. The Morgan fingerprint density at radius 1 is 1.21 bits per heavy atom. The van der Waals surface area contributed by atoms with Gasteiger partial charge in [-0.05, 0) is 77.2 Å². The highest BCUT2D eigenvalue weighted by Crippen LogP contribution is 2.18. The Labute approximate surface area is 117 Å². The molecular formula is C15H29N3O. The normalized spacial score (nSPS) is 25.6. The van der Waals surface area contributed by atoms with Gasteiger partial charge in [-0.25, -0.2) is 0 Å². The fourth-order valence-corrected chi connectivity index (χ4v) is 3.15. The van der Waals surface area contributed by atoms with Gasteiger partial charge >= 0.3 is 0 Å². The van der Waals surface area contributed by atoms with E-state index in [4.69, 9.17) is 0 Å². The summed E-state index contributed by atoms with van der Waals surface area (Å²) in [6, 6.07) is 0. The van der Waals surface area contributed by atoms with E-state index in [1.807, 2.05) is 0 Å². The van der Waals surface area contributed by atoms with Crippen LogP contribution in [0.5, 0.6) is 0 Å². The summed E-state index contributed by atoms with van der Waals surface area (Å²) < 4.78 is 0. The van der Waals surface area contributed by atoms with Crippen molar-refractivity contribution in [2.24, 2.45) is 11.8 Å². The van der Waals surface area contributed by atoms with E-state index in [0.29, 0.717) is 6.42 Å². The van der Waals surface area contributed by atoms with Gasteiger partial charge in [0.05, 0.1) is 0 Å². The second kappa shape index (κ2) is 7.85. The number of rotatable bonds is 6. The van der Waals surface area contributed by atoms with Crippen molar-refractivity contribution >= 4 is 5.91 Å². The molecule has 0 radical (unpaired) electrons. The molecule has 2 N–H and O–H groups in total. The minimum atomic E-state index is 0.250. The van der Waals surface area contributed by atoms with Gasteiger partial charge in [-0.15, -0.1) is 0 Å². The van der Waals surface area contributed by atoms with Crippen molar-refractivity contribution in [1.82, 2.24) is 15.5 Å². The molecular weight excluding hydrogens is 238 g/mol. The van der Waals surface area contributed by atoms with Crippen LogP contribution >= 0.6 is 0 Å². The minimum Gasteiger partial charge on any atom is -0.356 e. The topological polar surface area (TPSA) is 44.4 Å². The molecule has 2 saturated heterocycles. The molecule has 1 atom stereocenters. The summed E-state index contributed by atoms with van der Waals surface area (Å²) in [4.78, 5) is 14.1. The van der Waals surface area contributed by atoms with Crippen molar-refractivity contribution in [2.75, 3.05) is 39.8 Å². The van der Waals surface area contributed by atoms with E-state index in [1.54, 1.807) is 0 Å². The van der Waals surface area contributed by atoms with Gasteiger partial charge in [0.1, 0.15) is 0 Å². The molecule has 2 rings (SSSR count). The van der Waals surface area contributed by atoms with E-state index in [1.165, 1.54) is 32.4 Å². The van der Waals surface area contributed by atoms with Crippen LogP contribution in [-0.4, -0.2) is 50.6 Å². The van der Waals surface area contributed by atoms with Crippen LogP contribution < -0.4 is 10.6 Å². The molecule has 1 amide bonds. The molecule has 0 saturated carbocycles. The van der Waals surface area contributed by atoms with Crippen molar-refractivity contribution in [1.29, 1.82) is 0 Å². The second-order valence-electron chi connectivity index (χ2n) is 6.28. The highest BCUT2D eigenvalue weighted by atomic mass is 16.1. The highest BCUT2D eigenvalue weighted by Gasteiger charge is 2.17. The lowest BCUT2D eigenvalue weighted by atomic mass is 9.94. The molecule has 2 heterocycles. The molecule has 0 aromatic carbocycles. The zero-order valence-electron chi connectivity index (χ0n) is 12.3. The van der Waals surface area contributed by atoms with E-state index in [2.05, 4.69) is 22.6 Å². The lowest BCUT2D eigenvalue weighted by Crippen LogP contribution is -2.32. The Hall–Kier alpha value is -0.610. The van der Waals surface area contributed by atoms with Gasteiger partial charge in [0.25, 0.3) is 0 Å². The number of carbonyl (C=O) groups excluding carboxylic acids is 1. The number of amides is 1. The second-order valence-corrected chi connectivity index (χ2v) is 6.28. The molecule has 2 fully saturated rings. The largest absolute Gasteiger partial charge is 0.356 e. The summed E-state index contributed by atoms with van der Waals surface area (Å²) in [5.41, 5.74) is 0. The smallest absolute Gasteiger partial charge is 0.220 e. The van der Waals surface area contributed by atoms with Crippen LogP contribution in [0, 0.1) is 11.8 Å². The van der Waals surface area contributed by atoms with E-state index in [0.717, 1.165) is 44.3 Å². The highest BCUT2D eigenvalue weighted by molar-refractivity contribution is 5.75. The van der Waals surface area contributed by atoms with Crippen LogP contribution in [0.2, 0.25) is 0 Å². The third-order valence-electron chi connectivity index (χ3n) is 4.65. The Kier molecular flexibility index (Phi) is 6.11. The molecule has 2 aliphatic heterocycles. The van der Waals surface area contributed by atoms with Crippen LogP contribution in [0.25, 0.3) is 0 Å². The maximum Gasteiger partial charge on any atom is 0.220 e. The third kappa shape index (κ3) is 5.49. The summed E-state index contributed by atoms with van der Waals surface area (Å²) >= 11 is 0. The van der Waals surface area contributed by atoms with Gasteiger partial charge in [0.2, 0.25) is 5.91 Å². The van der Waals surface area contributed by atoms with Gasteiger partial charge in [-0.3, -0.25) is 4.79 Å². The number of nitrogens with one attached hydrogen (secondary N) is 2. The van der Waals surface area contributed by atoms with Crippen LogP contribution in [0.15, 0.2) is 0 Å². The van der Waals surface area contributed by atoms with Gasteiger partial charge in [-0.2, -0.15) is 0 Å². The Morgan fingerprint density at radius 3 is 2.68 bits per heavy atom. The number of hydrogen-bond donors (Lipinski definition) is 2. The van der Waals surface area contributed by atoms with Crippen molar-refractivity contribution in [3.05, 3.63) is 0 Å². The van der Waals surface area contributed by atoms with Crippen LogP contribution in [-0.2, 0) is 4.79 Å². The zero-order chi connectivity index (χ0) is 13.5. The molecule has 4 heteroatoms. The number of likely N-dealkylation sites (tertiary alicyclic amines) is 1. The number of piperidine rings is 1. The van der Waals surface area contributed by atoms with E-state index < -0.39 is 0 Å². The van der Waals surface area contributed by atoms with Crippen molar-refractivity contribution in [3.63, 3.8) is 0 Å². The van der Waals surface area contributed by atoms with Gasteiger partial charge < -0.3 is 15.5 Å². The monoisotopic (exact) mass is 267 g/mol. The summed E-state index contributed by atoms with van der Waals surface area (Å²) in [7, 11) is 2.19. The van der Waals surface area contributed by atoms with Crippen molar-refractivity contribution in [2.45, 2.75) is 38.5 Å². The van der Waals surface area contributed by atoms with E-state index >= 15 is 0 Å². The van der Waals surface area contributed by atoms with E-state index in [9.17, 15) is 4.79 Å². The third-order valence-corrected chi connectivity index (χ3v) is 4.65. The maximum atomic E-state index is 11.8. The fraction of sp³-hybridized carbons (Fsp3) is 0.933. The predicted octanol–water partition coefficient (Wildman–Crippen LogP) is 1.22. The average molecular weight is 267 g/mol.